The smallest absolute Gasteiger partial charge is 0.263 e. The number of benzene rings is 1. The molecule has 2 aromatic heterocycles. The van der Waals surface area contributed by atoms with Gasteiger partial charge in [-0.25, -0.2) is 4.98 Å². The first-order valence-electron chi connectivity index (χ1n) is 9.93. The molecule has 1 aromatic carbocycles. The lowest BCUT2D eigenvalue weighted by Gasteiger charge is -2.34. The number of amides is 2. The second-order valence-electron chi connectivity index (χ2n) is 7.19. The van der Waals surface area contributed by atoms with Gasteiger partial charge in [0.1, 0.15) is 0 Å². The molecule has 0 radical (unpaired) electrons. The summed E-state index contributed by atoms with van der Waals surface area (Å²) >= 11 is 2.90. The first-order valence-corrected chi connectivity index (χ1v) is 11.7. The second kappa shape index (κ2) is 9.36. The van der Waals surface area contributed by atoms with Crippen molar-refractivity contribution in [1.29, 1.82) is 0 Å². The molecule has 0 aliphatic carbocycles. The highest BCUT2D eigenvalue weighted by Gasteiger charge is 2.33. The van der Waals surface area contributed by atoms with Crippen molar-refractivity contribution in [3.63, 3.8) is 0 Å². The molecule has 0 saturated carbocycles. The van der Waals surface area contributed by atoms with Crippen LogP contribution in [-0.4, -0.2) is 41.3 Å². The molecule has 3 heterocycles. The fourth-order valence-corrected chi connectivity index (χ4v) is 5.20. The zero-order chi connectivity index (χ0) is 20.9. The van der Waals surface area contributed by atoms with Crippen LogP contribution in [0.2, 0.25) is 0 Å². The van der Waals surface area contributed by atoms with Crippen LogP contribution in [0.1, 0.15) is 22.5 Å². The van der Waals surface area contributed by atoms with Crippen LogP contribution in [0.25, 0.3) is 11.3 Å². The van der Waals surface area contributed by atoms with E-state index in [0.717, 1.165) is 29.0 Å². The van der Waals surface area contributed by atoms with Crippen LogP contribution in [0.15, 0.2) is 65.9 Å². The van der Waals surface area contributed by atoms with Gasteiger partial charge in [0.2, 0.25) is 5.91 Å². The number of nitrogens with zero attached hydrogens (tertiary/aromatic N) is 3. The number of rotatable bonds is 6. The van der Waals surface area contributed by atoms with Gasteiger partial charge >= 0.3 is 0 Å². The van der Waals surface area contributed by atoms with E-state index in [1.165, 1.54) is 22.7 Å². The highest BCUT2D eigenvalue weighted by molar-refractivity contribution is 7.14. The maximum Gasteiger partial charge on any atom is 0.263 e. The lowest BCUT2D eigenvalue weighted by molar-refractivity contribution is -0.123. The first-order chi connectivity index (χ1) is 14.7. The van der Waals surface area contributed by atoms with Crippen molar-refractivity contribution in [3.8, 4) is 11.3 Å². The van der Waals surface area contributed by atoms with Crippen molar-refractivity contribution in [2.45, 2.75) is 12.8 Å². The summed E-state index contributed by atoms with van der Waals surface area (Å²) in [5.74, 6) is -0.211. The zero-order valence-corrected chi connectivity index (χ0v) is 18.2. The maximum atomic E-state index is 13.4. The summed E-state index contributed by atoms with van der Waals surface area (Å²) in [7, 11) is 0. The normalized spacial score (nSPS) is 16.3. The van der Waals surface area contributed by atoms with Gasteiger partial charge in [-0.3, -0.25) is 14.5 Å². The van der Waals surface area contributed by atoms with Crippen LogP contribution >= 0.6 is 22.7 Å². The Morgan fingerprint density at radius 3 is 2.77 bits per heavy atom. The summed E-state index contributed by atoms with van der Waals surface area (Å²) in [6.07, 6.45) is 3.32. The number of likely N-dealkylation sites (tertiary alicyclic amines) is 1. The summed E-state index contributed by atoms with van der Waals surface area (Å²) in [5, 5.41) is 4.54. The largest absolute Gasteiger partial charge is 0.337 e. The Morgan fingerprint density at radius 2 is 2.03 bits per heavy atom. The summed E-state index contributed by atoms with van der Waals surface area (Å²) in [6.45, 7) is 5.35. The average Bonchev–Trinajstić information content (AvgIpc) is 3.50. The fourth-order valence-electron chi connectivity index (χ4n) is 3.66. The van der Waals surface area contributed by atoms with Crippen LogP contribution in [-0.2, 0) is 4.79 Å². The predicted molar refractivity (Wildman–Crippen MR) is 123 cm³/mol. The molecule has 0 N–H and O–H groups in total. The number of hydrogen-bond acceptors (Lipinski definition) is 5. The Balaban J connectivity index is 1.51. The molecule has 5 nitrogen and oxygen atoms in total. The van der Waals surface area contributed by atoms with E-state index >= 15 is 0 Å². The van der Waals surface area contributed by atoms with Gasteiger partial charge in [-0.15, -0.1) is 29.3 Å². The number of carbonyl (C=O) groups is 2. The Labute approximate surface area is 184 Å². The van der Waals surface area contributed by atoms with Gasteiger partial charge < -0.3 is 4.90 Å². The van der Waals surface area contributed by atoms with Gasteiger partial charge in [-0.05, 0) is 24.3 Å². The molecule has 1 aliphatic rings. The molecular formula is C23H23N3O2S2. The van der Waals surface area contributed by atoms with Crippen molar-refractivity contribution in [1.82, 2.24) is 9.88 Å². The molecule has 1 aliphatic heterocycles. The molecule has 154 valence electrons. The van der Waals surface area contributed by atoms with E-state index in [0.29, 0.717) is 24.8 Å². The van der Waals surface area contributed by atoms with Crippen molar-refractivity contribution < 1.29 is 9.59 Å². The summed E-state index contributed by atoms with van der Waals surface area (Å²) in [5.41, 5.74) is 1.88. The van der Waals surface area contributed by atoms with Gasteiger partial charge in [-0.2, -0.15) is 0 Å². The molecule has 0 bridgehead atoms. The third-order valence-electron chi connectivity index (χ3n) is 5.16. The lowest BCUT2D eigenvalue weighted by atomic mass is 9.96. The van der Waals surface area contributed by atoms with Crippen LogP contribution in [0.3, 0.4) is 0 Å². The van der Waals surface area contributed by atoms with E-state index in [-0.39, 0.29) is 17.7 Å². The molecule has 1 unspecified atom stereocenters. The van der Waals surface area contributed by atoms with E-state index in [4.69, 9.17) is 4.98 Å². The van der Waals surface area contributed by atoms with Crippen molar-refractivity contribution in [3.05, 3.63) is 70.8 Å². The number of piperidine rings is 1. The average molecular weight is 438 g/mol. The van der Waals surface area contributed by atoms with Gasteiger partial charge in [0.15, 0.2) is 5.13 Å². The molecule has 7 heteroatoms. The van der Waals surface area contributed by atoms with Crippen molar-refractivity contribution in [2.24, 2.45) is 5.92 Å². The lowest BCUT2D eigenvalue weighted by Crippen LogP contribution is -2.46. The summed E-state index contributed by atoms with van der Waals surface area (Å²) < 4.78 is 0. The van der Waals surface area contributed by atoms with Crippen LogP contribution in [0.4, 0.5) is 5.13 Å². The molecule has 0 spiro atoms. The highest BCUT2D eigenvalue weighted by Crippen LogP contribution is 2.30. The monoisotopic (exact) mass is 437 g/mol. The van der Waals surface area contributed by atoms with E-state index < -0.39 is 0 Å². The minimum atomic E-state index is -0.230. The standard InChI is InChI=1S/C23H23N3O2S2/c1-2-12-26(23-24-19(16-30-23)17-8-4-3-5-9-17)21(27)18-10-6-13-25(15-18)22(28)20-11-7-14-29-20/h2-5,7-9,11,14,16,18H,1,6,10,12-13,15H2. The number of carbonyl (C=O) groups excluding carboxylic acids is 2. The van der Waals surface area contributed by atoms with E-state index in [1.54, 1.807) is 15.9 Å². The number of aromatic nitrogens is 1. The molecule has 1 saturated heterocycles. The van der Waals surface area contributed by atoms with Crippen LogP contribution in [0.5, 0.6) is 0 Å². The maximum absolute atomic E-state index is 13.4. The summed E-state index contributed by atoms with van der Waals surface area (Å²) in [6, 6.07) is 13.6. The SMILES string of the molecule is C=CCN(C(=O)C1CCCN(C(=O)c2cccs2)C1)c1nc(-c2ccccc2)cs1. The minimum absolute atomic E-state index is 0.00698. The van der Waals surface area contributed by atoms with Gasteiger partial charge in [0, 0.05) is 30.6 Å². The zero-order valence-electron chi connectivity index (χ0n) is 16.6. The third kappa shape index (κ3) is 4.37. The molecular weight excluding hydrogens is 414 g/mol. The van der Waals surface area contributed by atoms with Crippen LogP contribution < -0.4 is 4.90 Å². The topological polar surface area (TPSA) is 53.5 Å². The number of hydrogen-bond donors (Lipinski definition) is 0. The Bertz CT molecular complexity index is 1010. The predicted octanol–water partition coefficient (Wildman–Crippen LogP) is 4.94. The highest BCUT2D eigenvalue weighted by atomic mass is 32.1. The van der Waals surface area contributed by atoms with E-state index in [2.05, 4.69) is 6.58 Å². The Hall–Kier alpha value is -2.77. The molecule has 3 aromatic rings. The van der Waals surface area contributed by atoms with Gasteiger partial charge in [0.25, 0.3) is 5.91 Å². The molecule has 1 atom stereocenters. The van der Waals surface area contributed by atoms with Crippen molar-refractivity contribution >= 4 is 39.6 Å². The van der Waals surface area contributed by atoms with E-state index in [1.807, 2.05) is 53.2 Å². The Kier molecular flexibility index (Phi) is 6.40. The van der Waals surface area contributed by atoms with E-state index in [9.17, 15) is 9.59 Å². The number of thiazole rings is 1. The molecule has 4 rings (SSSR count). The molecule has 2 amide bonds. The van der Waals surface area contributed by atoms with Crippen molar-refractivity contribution in [2.75, 3.05) is 24.5 Å². The van der Waals surface area contributed by atoms with Gasteiger partial charge in [-0.1, -0.05) is 42.5 Å². The molecule has 1 fully saturated rings. The van der Waals surface area contributed by atoms with Crippen LogP contribution in [0, 0.1) is 5.92 Å². The minimum Gasteiger partial charge on any atom is -0.337 e. The number of thiophene rings is 1. The van der Waals surface area contributed by atoms with Gasteiger partial charge in [0.05, 0.1) is 16.5 Å². The summed E-state index contributed by atoms with van der Waals surface area (Å²) in [4.78, 5) is 35.1. The molecule has 30 heavy (non-hydrogen) atoms. The Morgan fingerprint density at radius 1 is 1.20 bits per heavy atom. The third-order valence-corrected chi connectivity index (χ3v) is 6.88. The number of anilines is 1. The fraction of sp³-hybridized carbons (Fsp3) is 0.261. The second-order valence-corrected chi connectivity index (χ2v) is 8.97. The quantitative estimate of drug-likeness (QED) is 0.513. The first kappa shape index (κ1) is 20.5.